The number of aromatic hydroxyl groups is 1. The molecule has 2 aromatic heterocycles. The van der Waals surface area contributed by atoms with Crippen molar-refractivity contribution in [3.05, 3.63) is 24.2 Å². The van der Waals surface area contributed by atoms with Crippen molar-refractivity contribution in [1.29, 1.82) is 0 Å². The molecule has 1 fully saturated rings. The van der Waals surface area contributed by atoms with Gasteiger partial charge in [-0.25, -0.2) is 4.98 Å². The molecule has 1 saturated carbocycles. The molecule has 0 atom stereocenters. The first-order valence-corrected chi connectivity index (χ1v) is 7.18. The second-order valence-corrected chi connectivity index (χ2v) is 5.68. The number of aromatic nitrogens is 3. The van der Waals surface area contributed by atoms with Gasteiger partial charge in [-0.3, -0.25) is 0 Å². The Morgan fingerprint density at radius 1 is 1.38 bits per heavy atom. The summed E-state index contributed by atoms with van der Waals surface area (Å²) in [6.07, 6.45) is 5.47. The van der Waals surface area contributed by atoms with Crippen LogP contribution in [0.4, 0.5) is 0 Å². The summed E-state index contributed by atoms with van der Waals surface area (Å²) < 4.78 is 11.0. The van der Waals surface area contributed by atoms with Crippen LogP contribution in [0.15, 0.2) is 22.9 Å². The lowest BCUT2D eigenvalue weighted by Gasteiger charge is -2.35. The van der Waals surface area contributed by atoms with E-state index >= 15 is 0 Å². The lowest BCUT2D eigenvalue weighted by Crippen LogP contribution is -2.34. The van der Waals surface area contributed by atoms with Crippen LogP contribution in [-0.2, 0) is 10.3 Å². The Balaban J connectivity index is 1.92. The largest absolute Gasteiger partial charge is 0.505 e. The van der Waals surface area contributed by atoms with Crippen LogP contribution < -0.4 is 0 Å². The Kier molecular flexibility index (Phi) is 3.63. The number of nitrogens with zero attached hydrogens (tertiary/aromatic N) is 3. The molecular weight excluding hydrogens is 270 g/mol. The summed E-state index contributed by atoms with van der Waals surface area (Å²) in [5, 5.41) is 13.9. The van der Waals surface area contributed by atoms with Crippen molar-refractivity contribution in [2.45, 2.75) is 38.2 Å². The maximum atomic E-state index is 9.82. The lowest BCUT2D eigenvalue weighted by atomic mass is 9.79. The molecule has 0 spiro atoms. The summed E-state index contributed by atoms with van der Waals surface area (Å²) in [6, 6.07) is 3.19. The Morgan fingerprint density at radius 2 is 2.14 bits per heavy atom. The monoisotopic (exact) mass is 289 g/mol. The Bertz CT molecular complexity index is 618. The van der Waals surface area contributed by atoms with Gasteiger partial charge >= 0.3 is 0 Å². The number of hydrogen-bond donors (Lipinski definition) is 1. The Morgan fingerprint density at radius 3 is 2.81 bits per heavy atom. The summed E-state index contributed by atoms with van der Waals surface area (Å²) in [5.74, 6) is 1.48. The Labute approximate surface area is 123 Å². The van der Waals surface area contributed by atoms with E-state index in [0.717, 1.165) is 25.7 Å². The minimum absolute atomic E-state index is 0.0245. The first kappa shape index (κ1) is 14.0. The molecule has 0 aromatic carbocycles. The van der Waals surface area contributed by atoms with Crippen LogP contribution in [0.2, 0.25) is 0 Å². The molecule has 1 N–H and O–H groups in total. The molecule has 1 aliphatic carbocycles. The predicted octanol–water partition coefficient (Wildman–Crippen LogP) is 2.89. The molecule has 2 aromatic rings. The second kappa shape index (κ2) is 5.44. The smallest absolute Gasteiger partial charge is 0.280 e. The lowest BCUT2D eigenvalue weighted by molar-refractivity contribution is -0.0609. The zero-order valence-electron chi connectivity index (χ0n) is 12.2. The van der Waals surface area contributed by atoms with E-state index in [2.05, 4.69) is 22.0 Å². The van der Waals surface area contributed by atoms with Crippen LogP contribution in [0.1, 0.15) is 38.4 Å². The SMILES string of the molecule is COC1(c2noc(-c3ncccc3O)n2)CCC(C)CC1. The van der Waals surface area contributed by atoms with Crippen molar-refractivity contribution in [3.63, 3.8) is 0 Å². The fourth-order valence-corrected chi connectivity index (χ4v) is 2.81. The summed E-state index contributed by atoms with van der Waals surface area (Å²) in [6.45, 7) is 2.24. The molecule has 0 bridgehead atoms. The van der Waals surface area contributed by atoms with Crippen LogP contribution >= 0.6 is 0 Å². The zero-order valence-corrected chi connectivity index (χ0v) is 12.2. The third-order valence-corrected chi connectivity index (χ3v) is 4.30. The van der Waals surface area contributed by atoms with E-state index in [1.165, 1.54) is 0 Å². The minimum Gasteiger partial charge on any atom is -0.505 e. The molecule has 0 radical (unpaired) electrons. The van der Waals surface area contributed by atoms with Crippen molar-refractivity contribution in [2.75, 3.05) is 7.11 Å². The van der Waals surface area contributed by atoms with Gasteiger partial charge in [0.2, 0.25) is 5.82 Å². The van der Waals surface area contributed by atoms with Crippen LogP contribution in [0.5, 0.6) is 5.75 Å². The third-order valence-electron chi connectivity index (χ3n) is 4.30. The van der Waals surface area contributed by atoms with Gasteiger partial charge in [-0.15, -0.1) is 0 Å². The highest BCUT2D eigenvalue weighted by Gasteiger charge is 2.40. The second-order valence-electron chi connectivity index (χ2n) is 5.68. The van der Waals surface area contributed by atoms with E-state index in [0.29, 0.717) is 17.4 Å². The first-order chi connectivity index (χ1) is 10.1. The van der Waals surface area contributed by atoms with Crippen molar-refractivity contribution >= 4 is 0 Å². The van der Waals surface area contributed by atoms with Gasteiger partial charge in [-0.05, 0) is 43.7 Å². The number of pyridine rings is 1. The maximum Gasteiger partial charge on any atom is 0.280 e. The van der Waals surface area contributed by atoms with Gasteiger partial charge in [-0.1, -0.05) is 12.1 Å². The first-order valence-electron chi connectivity index (χ1n) is 7.18. The average molecular weight is 289 g/mol. The van der Waals surface area contributed by atoms with Crippen LogP contribution in [0.3, 0.4) is 0 Å². The van der Waals surface area contributed by atoms with Crippen LogP contribution in [-0.4, -0.2) is 27.3 Å². The highest BCUT2D eigenvalue weighted by atomic mass is 16.5. The molecule has 0 aliphatic heterocycles. The normalized spacial score (nSPS) is 25.9. The van der Waals surface area contributed by atoms with Crippen molar-refractivity contribution in [3.8, 4) is 17.3 Å². The summed E-state index contributed by atoms with van der Waals surface area (Å²) >= 11 is 0. The zero-order chi connectivity index (χ0) is 14.9. The molecule has 112 valence electrons. The summed E-state index contributed by atoms with van der Waals surface area (Å²) in [4.78, 5) is 8.49. The molecular formula is C15H19N3O3. The Hall–Kier alpha value is -1.95. The number of rotatable bonds is 3. The molecule has 0 unspecified atom stereocenters. The quantitative estimate of drug-likeness (QED) is 0.935. The van der Waals surface area contributed by atoms with Crippen LogP contribution in [0.25, 0.3) is 11.6 Å². The number of ether oxygens (including phenoxy) is 1. The summed E-state index contributed by atoms with van der Waals surface area (Å²) in [5.41, 5.74) is -0.190. The average Bonchev–Trinajstić information content (AvgIpc) is 2.99. The molecule has 0 saturated heterocycles. The van der Waals surface area contributed by atoms with Gasteiger partial charge in [0.15, 0.2) is 5.69 Å². The molecule has 2 heterocycles. The van der Waals surface area contributed by atoms with E-state index in [4.69, 9.17) is 9.26 Å². The topological polar surface area (TPSA) is 81.3 Å². The van der Waals surface area contributed by atoms with Gasteiger partial charge in [-0.2, -0.15) is 4.98 Å². The summed E-state index contributed by atoms with van der Waals surface area (Å²) in [7, 11) is 1.68. The maximum absolute atomic E-state index is 9.82. The highest BCUT2D eigenvalue weighted by molar-refractivity contribution is 5.55. The van der Waals surface area contributed by atoms with Crippen molar-refractivity contribution < 1.29 is 14.4 Å². The van der Waals surface area contributed by atoms with Gasteiger partial charge in [0, 0.05) is 13.3 Å². The van der Waals surface area contributed by atoms with E-state index in [9.17, 15) is 5.11 Å². The van der Waals surface area contributed by atoms with Gasteiger partial charge in [0.1, 0.15) is 11.4 Å². The minimum atomic E-state index is -0.487. The molecule has 21 heavy (non-hydrogen) atoms. The number of hydrogen-bond acceptors (Lipinski definition) is 6. The molecule has 1 aliphatic rings. The predicted molar refractivity (Wildman–Crippen MR) is 75.5 cm³/mol. The fourth-order valence-electron chi connectivity index (χ4n) is 2.81. The van der Waals surface area contributed by atoms with Gasteiger partial charge < -0.3 is 14.4 Å². The standard InChI is InChI=1S/C15H19N3O3/c1-10-5-7-15(20-2,8-6-10)14-17-13(21-18-14)12-11(19)4-3-9-16-12/h3-4,9-10,19H,5-8H2,1-2H3. The molecule has 6 heteroatoms. The van der Waals surface area contributed by atoms with Crippen molar-refractivity contribution in [1.82, 2.24) is 15.1 Å². The van der Waals surface area contributed by atoms with Crippen molar-refractivity contribution in [2.24, 2.45) is 5.92 Å². The van der Waals surface area contributed by atoms with E-state index in [-0.39, 0.29) is 11.6 Å². The fraction of sp³-hybridized carbons (Fsp3) is 0.533. The molecule has 3 rings (SSSR count). The van der Waals surface area contributed by atoms with E-state index in [1.54, 1.807) is 25.4 Å². The van der Waals surface area contributed by atoms with E-state index in [1.807, 2.05) is 0 Å². The van der Waals surface area contributed by atoms with Gasteiger partial charge in [0.25, 0.3) is 5.89 Å². The number of methoxy groups -OCH3 is 1. The third kappa shape index (κ3) is 2.51. The molecule has 6 nitrogen and oxygen atoms in total. The van der Waals surface area contributed by atoms with Crippen LogP contribution in [0, 0.1) is 5.92 Å². The highest BCUT2D eigenvalue weighted by Crippen LogP contribution is 2.41. The van der Waals surface area contributed by atoms with Gasteiger partial charge in [0.05, 0.1) is 0 Å². The molecule has 0 amide bonds. The van der Waals surface area contributed by atoms with E-state index < -0.39 is 5.60 Å².